The van der Waals surface area contributed by atoms with Crippen LogP contribution in [-0.4, -0.2) is 43.0 Å². The van der Waals surface area contributed by atoms with Gasteiger partial charge in [-0.05, 0) is 18.9 Å². The lowest BCUT2D eigenvalue weighted by molar-refractivity contribution is -0.122. The van der Waals surface area contributed by atoms with E-state index in [1.807, 2.05) is 6.07 Å². The monoisotopic (exact) mass is 224 g/mol. The first-order chi connectivity index (χ1) is 7.63. The second kappa shape index (κ2) is 6.46. The minimum absolute atomic E-state index is 0.0167. The molecule has 0 aromatic heterocycles. The number of nitrogens with zero attached hydrogens (tertiary/aromatic N) is 2. The third-order valence-corrected chi connectivity index (χ3v) is 3.03. The van der Waals surface area contributed by atoms with Crippen LogP contribution in [0.4, 0.5) is 0 Å². The summed E-state index contributed by atoms with van der Waals surface area (Å²) in [6.45, 7) is 4.69. The Bertz CT molecular complexity index is 274. The number of piperidine rings is 1. The fourth-order valence-corrected chi connectivity index (χ4v) is 1.83. The first-order valence-corrected chi connectivity index (χ1v) is 5.75. The molecule has 0 aromatic carbocycles. The molecule has 5 nitrogen and oxygen atoms in total. The molecule has 0 spiro atoms. The summed E-state index contributed by atoms with van der Waals surface area (Å²) in [5, 5.41) is 11.0. The van der Waals surface area contributed by atoms with E-state index in [0.717, 1.165) is 19.5 Å². The maximum Gasteiger partial charge on any atom is 0.234 e. The van der Waals surface area contributed by atoms with E-state index in [1.54, 1.807) is 0 Å². The maximum absolute atomic E-state index is 11.5. The second-order valence-corrected chi connectivity index (χ2v) is 4.42. The smallest absolute Gasteiger partial charge is 0.234 e. The number of hydrogen-bond acceptors (Lipinski definition) is 4. The summed E-state index contributed by atoms with van der Waals surface area (Å²) >= 11 is 0. The van der Waals surface area contributed by atoms with Gasteiger partial charge in [-0.2, -0.15) is 5.26 Å². The van der Waals surface area contributed by atoms with Gasteiger partial charge in [0, 0.05) is 19.1 Å². The number of amides is 1. The predicted octanol–water partition coefficient (Wildman–Crippen LogP) is -0.315. The van der Waals surface area contributed by atoms with Crippen molar-refractivity contribution in [1.29, 1.82) is 5.26 Å². The van der Waals surface area contributed by atoms with Crippen LogP contribution in [0, 0.1) is 17.2 Å². The second-order valence-electron chi connectivity index (χ2n) is 4.42. The van der Waals surface area contributed by atoms with Crippen molar-refractivity contribution in [1.82, 2.24) is 10.2 Å². The number of hydrogen-bond donors (Lipinski definition) is 2. The molecule has 2 atom stereocenters. The van der Waals surface area contributed by atoms with Gasteiger partial charge in [-0.15, -0.1) is 0 Å². The Kier molecular flexibility index (Phi) is 5.23. The molecule has 0 radical (unpaired) electrons. The van der Waals surface area contributed by atoms with Crippen LogP contribution in [0.5, 0.6) is 0 Å². The molecule has 0 aliphatic carbocycles. The van der Waals surface area contributed by atoms with E-state index in [-0.39, 0.29) is 11.9 Å². The molecule has 0 aromatic rings. The Morgan fingerprint density at radius 2 is 2.44 bits per heavy atom. The van der Waals surface area contributed by atoms with Gasteiger partial charge in [0.15, 0.2) is 0 Å². The molecule has 1 heterocycles. The molecule has 16 heavy (non-hydrogen) atoms. The molecule has 0 bridgehead atoms. The van der Waals surface area contributed by atoms with Crippen molar-refractivity contribution < 1.29 is 4.79 Å². The molecule has 0 saturated carbocycles. The van der Waals surface area contributed by atoms with Crippen molar-refractivity contribution in [2.24, 2.45) is 11.7 Å². The summed E-state index contributed by atoms with van der Waals surface area (Å²) in [4.78, 5) is 13.5. The molecule has 1 aliphatic rings. The van der Waals surface area contributed by atoms with Crippen LogP contribution in [-0.2, 0) is 4.79 Å². The van der Waals surface area contributed by atoms with Crippen molar-refractivity contribution in [3.63, 3.8) is 0 Å². The third kappa shape index (κ3) is 4.17. The van der Waals surface area contributed by atoms with Gasteiger partial charge < -0.3 is 11.1 Å². The van der Waals surface area contributed by atoms with Crippen molar-refractivity contribution in [3.05, 3.63) is 0 Å². The van der Waals surface area contributed by atoms with Crippen LogP contribution in [0.25, 0.3) is 0 Å². The largest absolute Gasteiger partial charge is 0.354 e. The number of nitrogens with two attached hydrogens (primary N) is 1. The summed E-state index contributed by atoms with van der Waals surface area (Å²) in [5.74, 6) is 0.523. The lowest BCUT2D eigenvalue weighted by Gasteiger charge is -2.34. The number of carbonyl (C=O) groups is 1. The summed E-state index contributed by atoms with van der Waals surface area (Å²) < 4.78 is 0. The Balaban J connectivity index is 2.22. The molecular weight excluding hydrogens is 204 g/mol. The number of rotatable bonds is 4. The summed E-state index contributed by atoms with van der Waals surface area (Å²) in [6.07, 6.45) is 1.41. The van der Waals surface area contributed by atoms with Crippen molar-refractivity contribution >= 4 is 5.91 Å². The molecule has 3 N–H and O–H groups in total. The van der Waals surface area contributed by atoms with Crippen LogP contribution < -0.4 is 11.1 Å². The van der Waals surface area contributed by atoms with Crippen LogP contribution in [0.3, 0.4) is 0 Å². The summed E-state index contributed by atoms with van der Waals surface area (Å²) in [6, 6.07) is 2.16. The zero-order valence-electron chi connectivity index (χ0n) is 9.78. The SMILES string of the molecule is CC1CCN(CC(=O)NCCC#N)CC1N. The minimum Gasteiger partial charge on any atom is -0.354 e. The Labute approximate surface area is 96.6 Å². The number of carbonyl (C=O) groups excluding carboxylic acids is 1. The third-order valence-electron chi connectivity index (χ3n) is 3.03. The number of likely N-dealkylation sites (tertiary alicyclic amines) is 1. The van der Waals surface area contributed by atoms with Gasteiger partial charge >= 0.3 is 0 Å². The fraction of sp³-hybridized carbons (Fsp3) is 0.818. The van der Waals surface area contributed by atoms with Crippen molar-refractivity contribution in [2.75, 3.05) is 26.2 Å². The first kappa shape index (κ1) is 12.9. The Morgan fingerprint density at radius 3 is 3.06 bits per heavy atom. The molecule has 1 rings (SSSR count). The first-order valence-electron chi connectivity index (χ1n) is 5.75. The highest BCUT2D eigenvalue weighted by Crippen LogP contribution is 2.14. The molecule has 1 aliphatic heterocycles. The lowest BCUT2D eigenvalue weighted by Crippen LogP contribution is -2.50. The van der Waals surface area contributed by atoms with Crippen LogP contribution in [0.1, 0.15) is 19.8 Å². The lowest BCUT2D eigenvalue weighted by atomic mass is 9.94. The van der Waals surface area contributed by atoms with E-state index in [9.17, 15) is 4.79 Å². The number of nitrogens with one attached hydrogen (secondary N) is 1. The van der Waals surface area contributed by atoms with Gasteiger partial charge in [-0.1, -0.05) is 6.92 Å². The van der Waals surface area contributed by atoms with Gasteiger partial charge in [0.25, 0.3) is 0 Å². The molecule has 1 fully saturated rings. The highest BCUT2D eigenvalue weighted by atomic mass is 16.2. The van der Waals surface area contributed by atoms with Crippen molar-refractivity contribution in [2.45, 2.75) is 25.8 Å². The maximum atomic E-state index is 11.5. The topological polar surface area (TPSA) is 82.2 Å². The van der Waals surface area contributed by atoms with Gasteiger partial charge in [-0.25, -0.2) is 0 Å². The van der Waals surface area contributed by atoms with Crippen LogP contribution in [0.2, 0.25) is 0 Å². The summed E-state index contributed by atoms with van der Waals surface area (Å²) in [7, 11) is 0. The van der Waals surface area contributed by atoms with Gasteiger partial charge in [-0.3, -0.25) is 9.69 Å². The van der Waals surface area contributed by atoms with E-state index in [2.05, 4.69) is 17.1 Å². The zero-order valence-corrected chi connectivity index (χ0v) is 9.78. The predicted molar refractivity (Wildman–Crippen MR) is 61.4 cm³/mol. The van der Waals surface area contributed by atoms with Gasteiger partial charge in [0.1, 0.15) is 0 Å². The normalized spacial score (nSPS) is 26.1. The highest BCUT2D eigenvalue weighted by Gasteiger charge is 2.23. The van der Waals surface area contributed by atoms with E-state index >= 15 is 0 Å². The standard InChI is InChI=1S/C11H20N4O/c1-9-3-6-15(7-10(9)13)8-11(16)14-5-2-4-12/h9-10H,2-3,5-8,13H2,1H3,(H,14,16). The zero-order chi connectivity index (χ0) is 12.0. The van der Waals surface area contributed by atoms with Crippen molar-refractivity contribution in [3.8, 4) is 6.07 Å². The molecule has 1 saturated heterocycles. The summed E-state index contributed by atoms with van der Waals surface area (Å²) in [5.41, 5.74) is 5.95. The average Bonchev–Trinajstić information content (AvgIpc) is 2.24. The Hall–Kier alpha value is -1.12. The van der Waals surface area contributed by atoms with Crippen LogP contribution in [0.15, 0.2) is 0 Å². The fourth-order valence-electron chi connectivity index (χ4n) is 1.83. The van der Waals surface area contributed by atoms with E-state index in [1.165, 1.54) is 0 Å². The van der Waals surface area contributed by atoms with E-state index < -0.39 is 0 Å². The molecule has 5 heteroatoms. The van der Waals surface area contributed by atoms with E-state index in [0.29, 0.717) is 25.4 Å². The van der Waals surface area contributed by atoms with Gasteiger partial charge in [0.2, 0.25) is 5.91 Å². The molecular formula is C11H20N4O. The van der Waals surface area contributed by atoms with Crippen LogP contribution >= 0.6 is 0 Å². The molecule has 2 unspecified atom stereocenters. The van der Waals surface area contributed by atoms with Gasteiger partial charge in [0.05, 0.1) is 19.0 Å². The quantitative estimate of drug-likeness (QED) is 0.641. The van der Waals surface area contributed by atoms with E-state index in [4.69, 9.17) is 11.0 Å². The minimum atomic E-state index is -0.0167. The molecule has 90 valence electrons. The molecule has 1 amide bonds. The Morgan fingerprint density at radius 1 is 1.69 bits per heavy atom. The average molecular weight is 224 g/mol. The number of nitriles is 1. The highest BCUT2D eigenvalue weighted by molar-refractivity contribution is 5.78.